The number of carboxylic acid groups (broad SMARTS) is 2. The van der Waals surface area contributed by atoms with Crippen molar-refractivity contribution >= 4 is 27.9 Å². The number of aliphatic carboxylic acids is 2. The SMILES string of the molecule is CC(C)(Br)C(C(=O)O)C(=O)O. The van der Waals surface area contributed by atoms with Crippen LogP contribution < -0.4 is 0 Å². The van der Waals surface area contributed by atoms with Crippen LogP contribution in [0.2, 0.25) is 0 Å². The first-order valence-electron chi connectivity index (χ1n) is 2.91. The summed E-state index contributed by atoms with van der Waals surface area (Å²) in [5, 5.41) is 16.9. The summed E-state index contributed by atoms with van der Waals surface area (Å²) in [7, 11) is 0. The zero-order valence-electron chi connectivity index (χ0n) is 6.17. The number of rotatable bonds is 3. The topological polar surface area (TPSA) is 74.6 Å². The fourth-order valence-electron chi connectivity index (χ4n) is 0.693. The standard InChI is InChI=1S/C6H9BrO4/c1-6(2,7)3(4(8)9)5(10)11/h3H,1-2H3,(H,8,9)(H,10,11). The molecule has 0 fully saturated rings. The van der Waals surface area contributed by atoms with Crippen molar-refractivity contribution in [1.29, 1.82) is 0 Å². The van der Waals surface area contributed by atoms with Gasteiger partial charge in [0.1, 0.15) is 0 Å². The summed E-state index contributed by atoms with van der Waals surface area (Å²) < 4.78 is -0.926. The lowest BCUT2D eigenvalue weighted by atomic mass is 9.96. The molecule has 0 heterocycles. The highest BCUT2D eigenvalue weighted by molar-refractivity contribution is 9.10. The number of alkyl halides is 1. The smallest absolute Gasteiger partial charge is 0.319 e. The van der Waals surface area contributed by atoms with Gasteiger partial charge in [-0.3, -0.25) is 9.59 Å². The van der Waals surface area contributed by atoms with Gasteiger partial charge in [0.15, 0.2) is 5.92 Å². The van der Waals surface area contributed by atoms with Crippen LogP contribution in [0, 0.1) is 5.92 Å². The molecule has 0 spiro atoms. The fourth-order valence-corrected chi connectivity index (χ4v) is 1.08. The van der Waals surface area contributed by atoms with Gasteiger partial charge in [0, 0.05) is 4.32 Å². The van der Waals surface area contributed by atoms with Gasteiger partial charge >= 0.3 is 11.9 Å². The van der Waals surface area contributed by atoms with E-state index >= 15 is 0 Å². The van der Waals surface area contributed by atoms with Gasteiger partial charge in [-0.2, -0.15) is 0 Å². The molecule has 0 aromatic heterocycles. The molecule has 0 rings (SSSR count). The maximum atomic E-state index is 10.4. The van der Waals surface area contributed by atoms with Gasteiger partial charge < -0.3 is 10.2 Å². The van der Waals surface area contributed by atoms with Crippen LogP contribution in [0.1, 0.15) is 13.8 Å². The first kappa shape index (κ1) is 10.4. The van der Waals surface area contributed by atoms with E-state index in [9.17, 15) is 9.59 Å². The molecule has 64 valence electrons. The number of hydrogen-bond donors (Lipinski definition) is 2. The monoisotopic (exact) mass is 224 g/mol. The summed E-state index contributed by atoms with van der Waals surface area (Å²) in [4.78, 5) is 20.8. The molecule has 0 aromatic rings. The van der Waals surface area contributed by atoms with Crippen LogP contribution >= 0.6 is 15.9 Å². The van der Waals surface area contributed by atoms with Crippen molar-refractivity contribution in [2.75, 3.05) is 0 Å². The van der Waals surface area contributed by atoms with Crippen LogP contribution in [0.25, 0.3) is 0 Å². The van der Waals surface area contributed by atoms with E-state index in [0.717, 1.165) is 0 Å². The molecule has 0 amide bonds. The lowest BCUT2D eigenvalue weighted by Gasteiger charge is -2.20. The van der Waals surface area contributed by atoms with E-state index in [1.807, 2.05) is 0 Å². The van der Waals surface area contributed by atoms with Gasteiger partial charge in [0.25, 0.3) is 0 Å². The van der Waals surface area contributed by atoms with Gasteiger partial charge in [0.2, 0.25) is 0 Å². The summed E-state index contributed by atoms with van der Waals surface area (Å²) >= 11 is 2.98. The minimum absolute atomic E-state index is 0.926. The number of carboxylic acids is 2. The Hall–Kier alpha value is -0.580. The second-order valence-corrected chi connectivity index (χ2v) is 4.72. The number of halogens is 1. The third-order valence-corrected chi connectivity index (χ3v) is 1.64. The lowest BCUT2D eigenvalue weighted by Crippen LogP contribution is -2.37. The molecule has 0 atom stereocenters. The molecule has 0 bridgehead atoms. The molecular formula is C6H9BrO4. The molecule has 0 aliphatic carbocycles. The van der Waals surface area contributed by atoms with Crippen molar-refractivity contribution in [1.82, 2.24) is 0 Å². The lowest BCUT2D eigenvalue weighted by molar-refractivity contribution is -0.155. The van der Waals surface area contributed by atoms with E-state index in [0.29, 0.717) is 0 Å². The third kappa shape index (κ3) is 2.88. The van der Waals surface area contributed by atoms with Crippen molar-refractivity contribution in [3.8, 4) is 0 Å². The molecule has 0 radical (unpaired) electrons. The molecule has 0 saturated heterocycles. The zero-order chi connectivity index (χ0) is 9.23. The minimum atomic E-state index is -1.41. The van der Waals surface area contributed by atoms with Crippen molar-refractivity contribution in [3.63, 3.8) is 0 Å². The Balaban J connectivity index is 4.63. The predicted molar refractivity (Wildman–Crippen MR) is 41.8 cm³/mol. The fraction of sp³-hybridized carbons (Fsp3) is 0.667. The van der Waals surface area contributed by atoms with Crippen molar-refractivity contribution < 1.29 is 19.8 Å². The van der Waals surface area contributed by atoms with Crippen LogP contribution in [-0.4, -0.2) is 26.5 Å². The Morgan fingerprint density at radius 3 is 1.55 bits per heavy atom. The highest BCUT2D eigenvalue weighted by atomic mass is 79.9. The van der Waals surface area contributed by atoms with Crippen LogP contribution in [-0.2, 0) is 9.59 Å². The Kier molecular flexibility index (Phi) is 3.04. The summed E-state index contributed by atoms with van der Waals surface area (Å²) in [6.45, 7) is 3.00. The molecule has 0 saturated carbocycles. The molecule has 4 nitrogen and oxygen atoms in total. The molecule has 11 heavy (non-hydrogen) atoms. The van der Waals surface area contributed by atoms with Crippen molar-refractivity contribution in [2.24, 2.45) is 5.92 Å². The average molecular weight is 225 g/mol. The molecule has 0 unspecified atom stereocenters. The first-order chi connectivity index (χ1) is 4.76. The zero-order valence-corrected chi connectivity index (χ0v) is 7.75. The first-order valence-corrected chi connectivity index (χ1v) is 3.70. The van der Waals surface area contributed by atoms with Gasteiger partial charge in [0.05, 0.1) is 0 Å². The van der Waals surface area contributed by atoms with E-state index in [-0.39, 0.29) is 0 Å². The molecule has 2 N–H and O–H groups in total. The maximum absolute atomic E-state index is 10.4. The highest BCUT2D eigenvalue weighted by Crippen LogP contribution is 2.26. The molecule has 5 heteroatoms. The van der Waals surface area contributed by atoms with E-state index in [2.05, 4.69) is 15.9 Å². The average Bonchev–Trinajstić information content (AvgIpc) is 1.54. The highest BCUT2D eigenvalue weighted by Gasteiger charge is 2.39. The van der Waals surface area contributed by atoms with Crippen LogP contribution in [0.4, 0.5) is 0 Å². The number of hydrogen-bond acceptors (Lipinski definition) is 2. The second-order valence-electron chi connectivity index (χ2n) is 2.67. The summed E-state index contributed by atoms with van der Waals surface area (Å²) in [5.41, 5.74) is 0. The van der Waals surface area contributed by atoms with Gasteiger partial charge in [-0.1, -0.05) is 15.9 Å². The van der Waals surface area contributed by atoms with E-state index < -0.39 is 22.2 Å². The third-order valence-electron chi connectivity index (χ3n) is 1.18. The molecule has 0 aromatic carbocycles. The Bertz CT molecular complexity index is 168. The van der Waals surface area contributed by atoms with Crippen molar-refractivity contribution in [3.05, 3.63) is 0 Å². The second kappa shape index (κ2) is 3.21. The summed E-state index contributed by atoms with van der Waals surface area (Å²) in [6, 6.07) is 0. The summed E-state index contributed by atoms with van der Waals surface area (Å²) in [6.07, 6.45) is 0. The minimum Gasteiger partial charge on any atom is -0.481 e. The normalized spacial score (nSPS) is 11.6. The van der Waals surface area contributed by atoms with Gasteiger partial charge in [-0.15, -0.1) is 0 Å². The number of carbonyl (C=O) groups is 2. The van der Waals surface area contributed by atoms with E-state index in [1.54, 1.807) is 0 Å². The Morgan fingerprint density at radius 2 is 1.55 bits per heavy atom. The predicted octanol–water partition coefficient (Wildman–Crippen LogP) is 0.945. The van der Waals surface area contributed by atoms with Gasteiger partial charge in [-0.25, -0.2) is 0 Å². The molecule has 0 aliphatic rings. The maximum Gasteiger partial charge on any atom is 0.319 e. The molecular weight excluding hydrogens is 216 g/mol. The van der Waals surface area contributed by atoms with Crippen LogP contribution in [0.15, 0.2) is 0 Å². The van der Waals surface area contributed by atoms with E-state index in [4.69, 9.17) is 10.2 Å². The van der Waals surface area contributed by atoms with Crippen LogP contribution in [0.3, 0.4) is 0 Å². The van der Waals surface area contributed by atoms with Crippen molar-refractivity contribution in [2.45, 2.75) is 18.2 Å². The van der Waals surface area contributed by atoms with E-state index in [1.165, 1.54) is 13.8 Å². The Morgan fingerprint density at radius 1 is 1.27 bits per heavy atom. The Labute approximate surface area is 72.3 Å². The van der Waals surface area contributed by atoms with Crippen LogP contribution in [0.5, 0.6) is 0 Å². The van der Waals surface area contributed by atoms with Gasteiger partial charge in [-0.05, 0) is 13.8 Å². The summed E-state index contributed by atoms with van der Waals surface area (Å²) in [5.74, 6) is -4.08. The largest absolute Gasteiger partial charge is 0.481 e. The molecule has 0 aliphatic heterocycles. The quantitative estimate of drug-likeness (QED) is 0.553.